The smallest absolute Gasteiger partial charge is 0.0305 e. The number of aromatic nitrogens is 1. The van der Waals surface area contributed by atoms with Crippen LogP contribution in [0.15, 0.2) is 24.5 Å². The van der Waals surface area contributed by atoms with Crippen molar-refractivity contribution in [3.05, 3.63) is 30.1 Å². The molecular weight excluding hydrogens is 274 g/mol. The fraction of sp³-hybridized carbons (Fsp3) is 0.667. The Morgan fingerprint density at radius 2 is 1.94 bits per heavy atom. The monoisotopic (exact) mass is 291 g/mol. The lowest BCUT2D eigenvalue weighted by molar-refractivity contribution is 0.0148. The summed E-state index contributed by atoms with van der Waals surface area (Å²) in [7, 11) is 0. The number of nitrogens with zero attached hydrogens (tertiary/aromatic N) is 1. The quantitative estimate of drug-likeness (QED) is 0.711. The van der Waals surface area contributed by atoms with E-state index in [1.807, 2.05) is 6.20 Å². The molecular formula is C15H18BrN. The highest BCUT2D eigenvalue weighted by molar-refractivity contribution is 9.10. The van der Waals surface area contributed by atoms with E-state index in [4.69, 9.17) is 0 Å². The Hall–Kier alpha value is -0.370. The van der Waals surface area contributed by atoms with E-state index in [-0.39, 0.29) is 0 Å². The molecule has 0 saturated heterocycles. The number of pyridine rings is 1. The summed E-state index contributed by atoms with van der Waals surface area (Å²) < 4.78 is 0.451. The Morgan fingerprint density at radius 3 is 2.53 bits per heavy atom. The van der Waals surface area contributed by atoms with Gasteiger partial charge < -0.3 is 0 Å². The van der Waals surface area contributed by atoms with E-state index in [0.717, 1.165) is 11.8 Å². The van der Waals surface area contributed by atoms with Gasteiger partial charge in [0.2, 0.25) is 0 Å². The normalized spacial score (nSPS) is 47.4. The van der Waals surface area contributed by atoms with Crippen molar-refractivity contribution in [1.82, 2.24) is 4.98 Å². The van der Waals surface area contributed by atoms with Crippen molar-refractivity contribution >= 4 is 15.9 Å². The van der Waals surface area contributed by atoms with Gasteiger partial charge in [0.15, 0.2) is 0 Å². The molecule has 2 atom stereocenters. The molecule has 0 N–H and O–H groups in total. The standard InChI is InChI=1S/C15H18BrN/c16-15-7-11-4-12(8-15)6-14(5-11,10-15)13-2-1-3-17-9-13/h1-3,9,11-12H,4-8,10H2. The number of alkyl halides is 1. The van der Waals surface area contributed by atoms with Crippen LogP contribution in [0.1, 0.15) is 44.1 Å². The van der Waals surface area contributed by atoms with E-state index < -0.39 is 0 Å². The average Bonchev–Trinajstić information content (AvgIpc) is 2.27. The lowest BCUT2D eigenvalue weighted by atomic mass is 9.48. The predicted octanol–water partition coefficient (Wildman–Crippen LogP) is 4.07. The minimum Gasteiger partial charge on any atom is -0.264 e. The van der Waals surface area contributed by atoms with Gasteiger partial charge in [-0.25, -0.2) is 0 Å². The Balaban J connectivity index is 1.79. The largest absolute Gasteiger partial charge is 0.264 e. The summed E-state index contributed by atoms with van der Waals surface area (Å²) in [4.78, 5) is 4.35. The number of hydrogen-bond donors (Lipinski definition) is 0. The first-order valence-electron chi connectivity index (χ1n) is 6.77. The van der Waals surface area contributed by atoms with E-state index in [0.29, 0.717) is 9.74 Å². The fourth-order valence-corrected chi connectivity index (χ4v) is 6.62. The first kappa shape index (κ1) is 10.5. The van der Waals surface area contributed by atoms with Gasteiger partial charge in [0, 0.05) is 16.7 Å². The van der Waals surface area contributed by atoms with Gasteiger partial charge in [-0.1, -0.05) is 22.0 Å². The molecule has 2 heteroatoms. The maximum atomic E-state index is 4.35. The van der Waals surface area contributed by atoms with Gasteiger partial charge in [-0.05, 0) is 67.4 Å². The van der Waals surface area contributed by atoms with Gasteiger partial charge in [-0.15, -0.1) is 0 Å². The van der Waals surface area contributed by atoms with Crippen molar-refractivity contribution in [2.24, 2.45) is 11.8 Å². The molecule has 0 aliphatic heterocycles. The summed E-state index contributed by atoms with van der Waals surface area (Å²) in [6.45, 7) is 0. The lowest BCUT2D eigenvalue weighted by Gasteiger charge is -2.60. The van der Waals surface area contributed by atoms with Gasteiger partial charge in [0.05, 0.1) is 0 Å². The second-order valence-electron chi connectivity index (χ2n) is 6.63. The molecule has 5 rings (SSSR count). The van der Waals surface area contributed by atoms with Crippen molar-refractivity contribution < 1.29 is 0 Å². The first-order chi connectivity index (χ1) is 8.18. The predicted molar refractivity (Wildman–Crippen MR) is 72.3 cm³/mol. The Labute approximate surface area is 111 Å². The molecule has 1 aromatic rings. The third-order valence-electron chi connectivity index (χ3n) is 5.26. The van der Waals surface area contributed by atoms with Gasteiger partial charge in [0.1, 0.15) is 0 Å². The summed E-state index contributed by atoms with van der Waals surface area (Å²) in [6.07, 6.45) is 12.5. The molecule has 4 aliphatic carbocycles. The van der Waals surface area contributed by atoms with Crippen LogP contribution in [0, 0.1) is 11.8 Å². The van der Waals surface area contributed by atoms with Crippen molar-refractivity contribution in [1.29, 1.82) is 0 Å². The SMILES string of the molecule is BrC12CC3CC(C1)CC(c1cccnc1)(C3)C2. The number of hydrogen-bond acceptors (Lipinski definition) is 1. The van der Waals surface area contributed by atoms with Crippen molar-refractivity contribution in [3.63, 3.8) is 0 Å². The second-order valence-corrected chi connectivity index (χ2v) is 8.32. The van der Waals surface area contributed by atoms with Crippen LogP contribution in [-0.2, 0) is 5.41 Å². The van der Waals surface area contributed by atoms with Gasteiger partial charge >= 0.3 is 0 Å². The molecule has 1 aromatic heterocycles. The molecule has 17 heavy (non-hydrogen) atoms. The summed E-state index contributed by atoms with van der Waals surface area (Å²) in [5, 5.41) is 0. The summed E-state index contributed by atoms with van der Waals surface area (Å²) in [5.74, 6) is 1.91. The van der Waals surface area contributed by atoms with Crippen LogP contribution in [0.5, 0.6) is 0 Å². The highest BCUT2D eigenvalue weighted by atomic mass is 79.9. The third kappa shape index (κ3) is 1.53. The first-order valence-corrected chi connectivity index (χ1v) is 7.56. The van der Waals surface area contributed by atoms with E-state index in [1.54, 1.807) is 0 Å². The van der Waals surface area contributed by atoms with Crippen LogP contribution in [0.3, 0.4) is 0 Å². The fourth-order valence-electron chi connectivity index (χ4n) is 5.16. The maximum absolute atomic E-state index is 4.35. The molecule has 0 aromatic carbocycles. The molecule has 4 bridgehead atoms. The van der Waals surface area contributed by atoms with Crippen molar-refractivity contribution in [2.45, 2.75) is 48.3 Å². The zero-order chi connectivity index (χ0) is 11.5. The molecule has 4 fully saturated rings. The lowest BCUT2D eigenvalue weighted by Crippen LogP contribution is -2.54. The molecule has 1 nitrogen and oxygen atoms in total. The zero-order valence-corrected chi connectivity index (χ0v) is 11.6. The summed E-state index contributed by atoms with van der Waals surface area (Å²) >= 11 is 4.07. The average molecular weight is 292 g/mol. The number of rotatable bonds is 1. The van der Waals surface area contributed by atoms with Crippen molar-refractivity contribution in [3.8, 4) is 0 Å². The van der Waals surface area contributed by atoms with Crippen molar-refractivity contribution in [2.75, 3.05) is 0 Å². The van der Waals surface area contributed by atoms with E-state index >= 15 is 0 Å². The summed E-state index contributed by atoms with van der Waals surface area (Å²) in [5.41, 5.74) is 1.94. The molecule has 4 saturated carbocycles. The molecule has 0 amide bonds. The van der Waals surface area contributed by atoms with Crippen LogP contribution in [0.2, 0.25) is 0 Å². The molecule has 4 aliphatic rings. The Morgan fingerprint density at radius 1 is 1.18 bits per heavy atom. The van der Waals surface area contributed by atoms with Crippen LogP contribution in [0.4, 0.5) is 0 Å². The highest BCUT2D eigenvalue weighted by Gasteiger charge is 2.57. The van der Waals surface area contributed by atoms with Gasteiger partial charge in [-0.2, -0.15) is 0 Å². The van der Waals surface area contributed by atoms with Crippen LogP contribution < -0.4 is 0 Å². The van der Waals surface area contributed by atoms with Crippen LogP contribution >= 0.6 is 15.9 Å². The zero-order valence-electron chi connectivity index (χ0n) is 10.0. The maximum Gasteiger partial charge on any atom is 0.0305 e. The molecule has 0 spiro atoms. The molecule has 90 valence electrons. The van der Waals surface area contributed by atoms with E-state index in [9.17, 15) is 0 Å². The molecule has 0 radical (unpaired) electrons. The van der Waals surface area contributed by atoms with Gasteiger partial charge in [-0.3, -0.25) is 4.98 Å². The number of halogens is 1. The topological polar surface area (TPSA) is 12.9 Å². The van der Waals surface area contributed by atoms with Gasteiger partial charge in [0.25, 0.3) is 0 Å². The minimum atomic E-state index is 0.446. The highest BCUT2D eigenvalue weighted by Crippen LogP contribution is 2.64. The molecule has 2 unspecified atom stereocenters. The minimum absolute atomic E-state index is 0.446. The Bertz CT molecular complexity index is 427. The molecule has 1 heterocycles. The van der Waals surface area contributed by atoms with Crippen LogP contribution in [0.25, 0.3) is 0 Å². The second kappa shape index (κ2) is 3.34. The third-order valence-corrected chi connectivity index (χ3v) is 6.19. The Kier molecular flexibility index (Phi) is 2.07. The summed E-state index contributed by atoms with van der Waals surface area (Å²) in [6, 6.07) is 4.41. The van der Waals surface area contributed by atoms with E-state index in [2.05, 4.69) is 39.2 Å². The van der Waals surface area contributed by atoms with Crippen LogP contribution in [-0.4, -0.2) is 9.31 Å². The van der Waals surface area contributed by atoms with E-state index in [1.165, 1.54) is 44.1 Å².